The van der Waals surface area contributed by atoms with Gasteiger partial charge in [-0.3, -0.25) is 0 Å². The summed E-state index contributed by atoms with van der Waals surface area (Å²) in [6.07, 6.45) is 4.76. The van der Waals surface area contributed by atoms with Crippen LogP contribution in [0.2, 0.25) is 0 Å². The number of hydrogen-bond acceptors (Lipinski definition) is 1. The Bertz CT molecular complexity index is 441. The van der Waals surface area contributed by atoms with Crippen molar-refractivity contribution in [3.8, 4) is 0 Å². The van der Waals surface area contributed by atoms with E-state index in [1.165, 1.54) is 40.8 Å². The van der Waals surface area contributed by atoms with E-state index in [9.17, 15) is 0 Å². The summed E-state index contributed by atoms with van der Waals surface area (Å²) in [5, 5.41) is 3.49. The number of benzene rings is 1. The van der Waals surface area contributed by atoms with Crippen LogP contribution < -0.4 is 5.32 Å². The quantitative estimate of drug-likeness (QED) is 0.655. The van der Waals surface area contributed by atoms with Crippen LogP contribution in [0.25, 0.3) is 5.70 Å². The second kappa shape index (κ2) is 2.63. The molecule has 0 radical (unpaired) electrons. The lowest BCUT2D eigenvalue weighted by molar-refractivity contribution is 0.924. The van der Waals surface area contributed by atoms with Crippen molar-refractivity contribution in [2.45, 2.75) is 33.2 Å². The summed E-state index contributed by atoms with van der Waals surface area (Å²) >= 11 is 0. The fourth-order valence-electron chi connectivity index (χ4n) is 2.76. The zero-order valence-corrected chi connectivity index (χ0v) is 8.78. The molecule has 0 bridgehead atoms. The molecule has 72 valence electrons. The minimum Gasteiger partial charge on any atom is -0.381 e. The first-order chi connectivity index (χ1) is 6.77. The minimum atomic E-state index is 1.03. The number of allylic oxidation sites excluding steroid dienone is 1. The van der Waals surface area contributed by atoms with Gasteiger partial charge in [-0.15, -0.1) is 0 Å². The van der Waals surface area contributed by atoms with E-state index < -0.39 is 0 Å². The molecule has 0 spiro atoms. The zero-order chi connectivity index (χ0) is 9.71. The van der Waals surface area contributed by atoms with Gasteiger partial charge < -0.3 is 5.32 Å². The molecule has 0 saturated carbocycles. The Morgan fingerprint density at radius 3 is 2.79 bits per heavy atom. The van der Waals surface area contributed by atoms with E-state index in [4.69, 9.17) is 0 Å². The molecule has 1 aromatic carbocycles. The molecular weight excluding hydrogens is 170 g/mol. The fourth-order valence-corrected chi connectivity index (χ4v) is 2.76. The topological polar surface area (TPSA) is 12.0 Å². The van der Waals surface area contributed by atoms with Gasteiger partial charge in [0.2, 0.25) is 0 Å². The summed E-state index contributed by atoms with van der Waals surface area (Å²) in [6.45, 7) is 5.49. The summed E-state index contributed by atoms with van der Waals surface area (Å²) in [6, 6.07) is 2.34. The fraction of sp³-hybridized carbons (Fsp3) is 0.385. The van der Waals surface area contributed by atoms with Gasteiger partial charge in [0.15, 0.2) is 0 Å². The summed E-state index contributed by atoms with van der Waals surface area (Å²) in [5.41, 5.74) is 8.92. The molecule has 1 aliphatic heterocycles. The van der Waals surface area contributed by atoms with Crippen LogP contribution >= 0.6 is 0 Å². The average Bonchev–Trinajstić information content (AvgIpc) is 2.59. The molecule has 0 unspecified atom stereocenters. The molecular formula is C13H15N. The Morgan fingerprint density at radius 2 is 1.93 bits per heavy atom. The van der Waals surface area contributed by atoms with E-state index in [0.717, 1.165) is 6.54 Å². The van der Waals surface area contributed by atoms with Gasteiger partial charge in [-0.25, -0.2) is 0 Å². The Hall–Kier alpha value is -1.24. The molecule has 1 heteroatoms. The molecule has 0 saturated heterocycles. The number of hydrogen-bond donors (Lipinski definition) is 1. The van der Waals surface area contributed by atoms with Crippen LogP contribution in [0, 0.1) is 13.8 Å². The van der Waals surface area contributed by atoms with Crippen LogP contribution in [0.15, 0.2) is 12.1 Å². The van der Waals surface area contributed by atoms with Crippen LogP contribution in [0.5, 0.6) is 0 Å². The van der Waals surface area contributed by atoms with Crippen molar-refractivity contribution >= 4 is 5.70 Å². The van der Waals surface area contributed by atoms with Crippen molar-refractivity contribution in [3.05, 3.63) is 40.0 Å². The van der Waals surface area contributed by atoms with Crippen molar-refractivity contribution in [2.24, 2.45) is 0 Å². The van der Waals surface area contributed by atoms with E-state index in [0.29, 0.717) is 0 Å². The molecule has 1 heterocycles. The zero-order valence-electron chi connectivity index (χ0n) is 8.78. The van der Waals surface area contributed by atoms with Gasteiger partial charge in [-0.1, -0.05) is 12.1 Å². The highest BCUT2D eigenvalue weighted by molar-refractivity contribution is 5.76. The maximum atomic E-state index is 3.49. The lowest BCUT2D eigenvalue weighted by Gasteiger charge is -2.17. The molecule has 0 atom stereocenters. The van der Waals surface area contributed by atoms with Gasteiger partial charge in [0, 0.05) is 17.8 Å². The van der Waals surface area contributed by atoms with Crippen molar-refractivity contribution in [3.63, 3.8) is 0 Å². The first kappa shape index (κ1) is 8.10. The molecule has 0 amide bonds. The maximum absolute atomic E-state index is 3.49. The van der Waals surface area contributed by atoms with Crippen LogP contribution in [0.1, 0.15) is 34.2 Å². The van der Waals surface area contributed by atoms with Gasteiger partial charge in [-0.2, -0.15) is 0 Å². The van der Waals surface area contributed by atoms with Crippen molar-refractivity contribution in [2.75, 3.05) is 0 Å². The highest BCUT2D eigenvalue weighted by Crippen LogP contribution is 2.36. The molecule has 1 nitrogen and oxygen atoms in total. The lowest BCUT2D eigenvalue weighted by Crippen LogP contribution is -2.05. The van der Waals surface area contributed by atoms with Crippen molar-refractivity contribution in [1.29, 1.82) is 0 Å². The maximum Gasteiger partial charge on any atom is 0.0410 e. The largest absolute Gasteiger partial charge is 0.381 e. The Balaban J connectivity index is 2.38. The van der Waals surface area contributed by atoms with E-state index >= 15 is 0 Å². The second-order valence-corrected chi connectivity index (χ2v) is 4.35. The molecule has 2 aliphatic rings. The van der Waals surface area contributed by atoms with Gasteiger partial charge in [0.25, 0.3) is 0 Å². The van der Waals surface area contributed by atoms with Gasteiger partial charge >= 0.3 is 0 Å². The van der Waals surface area contributed by atoms with Crippen LogP contribution in [-0.4, -0.2) is 0 Å². The molecule has 3 rings (SSSR count). The third-order valence-electron chi connectivity index (χ3n) is 3.46. The average molecular weight is 185 g/mol. The number of aryl methyl sites for hydroxylation is 2. The third-order valence-corrected chi connectivity index (χ3v) is 3.46. The molecule has 1 aromatic rings. The highest BCUT2D eigenvalue weighted by atomic mass is 14.9. The molecule has 14 heavy (non-hydrogen) atoms. The number of rotatable bonds is 0. The molecule has 1 N–H and O–H groups in total. The van der Waals surface area contributed by atoms with Gasteiger partial charge in [-0.05, 0) is 48.9 Å². The number of nitrogens with one attached hydrogen (secondary N) is 1. The van der Waals surface area contributed by atoms with Crippen LogP contribution in [0.4, 0.5) is 0 Å². The van der Waals surface area contributed by atoms with E-state index in [1.807, 2.05) is 0 Å². The van der Waals surface area contributed by atoms with Gasteiger partial charge in [0.1, 0.15) is 0 Å². The Labute approximate surface area is 84.8 Å². The monoisotopic (exact) mass is 185 g/mol. The first-order valence-corrected chi connectivity index (χ1v) is 5.33. The first-order valence-electron chi connectivity index (χ1n) is 5.33. The standard InChI is InChI=1S/C13H15N/c1-8-6-9(2)11-7-14-12-5-3-4-10(8)13(11)12/h5-6,14H,3-4,7H2,1-2H3. The van der Waals surface area contributed by atoms with Crippen LogP contribution in [0.3, 0.4) is 0 Å². The highest BCUT2D eigenvalue weighted by Gasteiger charge is 2.24. The van der Waals surface area contributed by atoms with Crippen molar-refractivity contribution in [1.82, 2.24) is 5.32 Å². The molecule has 0 fully saturated rings. The van der Waals surface area contributed by atoms with E-state index in [2.05, 4.69) is 31.3 Å². The summed E-state index contributed by atoms with van der Waals surface area (Å²) < 4.78 is 0. The van der Waals surface area contributed by atoms with E-state index in [1.54, 1.807) is 5.56 Å². The SMILES string of the molecule is Cc1cc(C)c2c3c1CCC=C3NC2. The summed E-state index contributed by atoms with van der Waals surface area (Å²) in [5.74, 6) is 0. The molecule has 1 aliphatic carbocycles. The Morgan fingerprint density at radius 1 is 1.14 bits per heavy atom. The summed E-state index contributed by atoms with van der Waals surface area (Å²) in [4.78, 5) is 0. The lowest BCUT2D eigenvalue weighted by atomic mass is 9.87. The van der Waals surface area contributed by atoms with Crippen LogP contribution in [-0.2, 0) is 13.0 Å². The third kappa shape index (κ3) is 0.899. The molecule has 0 aromatic heterocycles. The predicted octanol–water partition coefficient (Wildman–Crippen LogP) is 2.69. The van der Waals surface area contributed by atoms with Crippen molar-refractivity contribution < 1.29 is 0 Å². The van der Waals surface area contributed by atoms with Gasteiger partial charge in [0.05, 0.1) is 0 Å². The summed E-state index contributed by atoms with van der Waals surface area (Å²) in [7, 11) is 0. The normalized spacial score (nSPS) is 17.4. The Kier molecular flexibility index (Phi) is 1.52. The van der Waals surface area contributed by atoms with E-state index in [-0.39, 0.29) is 0 Å². The second-order valence-electron chi connectivity index (χ2n) is 4.35. The smallest absolute Gasteiger partial charge is 0.0410 e. The predicted molar refractivity (Wildman–Crippen MR) is 59.1 cm³/mol. The minimum absolute atomic E-state index is 1.03.